The summed E-state index contributed by atoms with van der Waals surface area (Å²) < 4.78 is 25.7. The van der Waals surface area contributed by atoms with E-state index in [-0.39, 0.29) is 12.4 Å². The average Bonchev–Trinajstić information content (AvgIpc) is 3.16. The lowest BCUT2D eigenvalue weighted by atomic mass is 10.2. The minimum atomic E-state index is -0.371. The Hall–Kier alpha value is -1.60. The maximum absolute atomic E-state index is 13.2. The molecule has 2 aromatic carbocycles. The van der Waals surface area contributed by atoms with Gasteiger partial charge in [0.25, 0.3) is 0 Å². The van der Waals surface area contributed by atoms with E-state index in [9.17, 15) is 4.39 Å². The number of benzene rings is 2. The van der Waals surface area contributed by atoms with E-state index in [4.69, 9.17) is 21.1 Å². The number of nitrogens with one attached hydrogen (secondary N) is 1. The maximum atomic E-state index is 13.2. The van der Waals surface area contributed by atoms with Gasteiger partial charge in [0.15, 0.2) is 11.5 Å². The van der Waals surface area contributed by atoms with Gasteiger partial charge in [-0.25, -0.2) is 4.39 Å². The van der Waals surface area contributed by atoms with Crippen LogP contribution in [-0.2, 0) is 19.7 Å². The predicted molar refractivity (Wildman–Crippen MR) is 116 cm³/mol. The molecule has 3 aromatic rings. The van der Waals surface area contributed by atoms with Gasteiger partial charge in [-0.3, -0.25) is 0 Å². The van der Waals surface area contributed by atoms with Crippen molar-refractivity contribution in [2.24, 2.45) is 0 Å². The molecule has 7 heteroatoms. The van der Waals surface area contributed by atoms with Gasteiger partial charge in [-0.2, -0.15) is 0 Å². The minimum absolute atomic E-state index is 0.216. The van der Waals surface area contributed by atoms with E-state index in [1.54, 1.807) is 17.4 Å². The molecule has 0 fully saturated rings. The van der Waals surface area contributed by atoms with Crippen molar-refractivity contribution in [2.75, 3.05) is 6.61 Å². The lowest BCUT2D eigenvalue weighted by Crippen LogP contribution is -2.12. The van der Waals surface area contributed by atoms with E-state index in [2.05, 4.69) is 32.7 Å². The van der Waals surface area contributed by atoms with E-state index < -0.39 is 0 Å². The first-order chi connectivity index (χ1) is 13.6. The summed E-state index contributed by atoms with van der Waals surface area (Å²) in [5.74, 6) is 0.886. The summed E-state index contributed by atoms with van der Waals surface area (Å²) in [4.78, 5) is 1.29. The van der Waals surface area contributed by atoms with Gasteiger partial charge in [-0.1, -0.05) is 23.7 Å². The first-order valence-electron chi connectivity index (χ1n) is 8.82. The van der Waals surface area contributed by atoms with Crippen LogP contribution in [0.2, 0.25) is 5.02 Å². The molecule has 0 aliphatic rings. The summed E-state index contributed by atoms with van der Waals surface area (Å²) in [6.07, 6.45) is 0. The van der Waals surface area contributed by atoms with Gasteiger partial charge in [0.05, 0.1) is 16.1 Å². The van der Waals surface area contributed by atoms with Crippen LogP contribution < -0.4 is 14.8 Å². The van der Waals surface area contributed by atoms with E-state index in [1.807, 2.05) is 25.1 Å². The van der Waals surface area contributed by atoms with Crippen LogP contribution in [0.25, 0.3) is 0 Å². The Kier molecular flexibility index (Phi) is 7.73. The first kappa shape index (κ1) is 21.1. The normalized spacial score (nSPS) is 10.9. The van der Waals surface area contributed by atoms with Gasteiger partial charge in [-0.05, 0) is 64.1 Å². The number of hydrogen-bond donors (Lipinski definition) is 1. The monoisotopic (exact) mass is 483 g/mol. The fourth-order valence-corrected chi connectivity index (χ4v) is 4.16. The third-order valence-corrected chi connectivity index (χ3v) is 5.78. The molecule has 0 aliphatic heterocycles. The molecule has 0 atom stereocenters. The van der Waals surface area contributed by atoms with E-state index in [1.165, 1.54) is 17.0 Å². The number of rotatable bonds is 9. The van der Waals surface area contributed by atoms with E-state index >= 15 is 0 Å². The highest BCUT2D eigenvalue weighted by molar-refractivity contribution is 9.10. The second-order valence-corrected chi connectivity index (χ2v) is 8.34. The van der Waals surface area contributed by atoms with Crippen molar-refractivity contribution in [3.05, 3.63) is 79.2 Å². The van der Waals surface area contributed by atoms with Gasteiger partial charge in [-0.15, -0.1) is 11.3 Å². The fraction of sp³-hybridized carbons (Fsp3) is 0.238. The summed E-state index contributed by atoms with van der Waals surface area (Å²) in [5.41, 5.74) is 1.79. The van der Waals surface area contributed by atoms with Gasteiger partial charge < -0.3 is 14.8 Å². The lowest BCUT2D eigenvalue weighted by molar-refractivity contribution is 0.267. The second kappa shape index (κ2) is 10.3. The summed E-state index contributed by atoms with van der Waals surface area (Å²) in [6, 6.07) is 12.4. The topological polar surface area (TPSA) is 30.5 Å². The first-order valence-corrected chi connectivity index (χ1v) is 10.9. The van der Waals surface area contributed by atoms with Crippen LogP contribution in [0.15, 0.2) is 52.3 Å². The molecule has 0 amide bonds. The molecule has 0 radical (unpaired) electrons. The van der Waals surface area contributed by atoms with Crippen LogP contribution in [0.3, 0.4) is 0 Å². The van der Waals surface area contributed by atoms with Crippen LogP contribution in [0, 0.1) is 5.82 Å². The van der Waals surface area contributed by atoms with Crippen LogP contribution in [0.5, 0.6) is 11.5 Å². The quantitative estimate of drug-likeness (QED) is 0.372. The average molecular weight is 485 g/mol. The van der Waals surface area contributed by atoms with Crippen LogP contribution in [0.4, 0.5) is 4.39 Å². The van der Waals surface area contributed by atoms with Crippen molar-refractivity contribution in [3.8, 4) is 11.5 Å². The molecule has 28 heavy (non-hydrogen) atoms. The Morgan fingerprint density at radius 3 is 2.71 bits per heavy atom. The second-order valence-electron chi connectivity index (χ2n) is 6.05. The molecular formula is C21H20BrClFNO2S. The minimum Gasteiger partial charge on any atom is -0.490 e. The SMILES string of the molecule is CCOc1cc(CNCc2cccs2)cc(Br)c1OCc1ccc(F)cc1Cl. The largest absolute Gasteiger partial charge is 0.490 e. The predicted octanol–water partition coefficient (Wildman–Crippen LogP) is 6.57. The van der Waals surface area contributed by atoms with Crippen LogP contribution >= 0.6 is 38.9 Å². The zero-order valence-corrected chi connectivity index (χ0v) is 18.5. The molecule has 0 bridgehead atoms. The highest BCUT2D eigenvalue weighted by Crippen LogP contribution is 2.38. The zero-order valence-electron chi connectivity index (χ0n) is 15.3. The molecule has 0 saturated carbocycles. The molecule has 1 aromatic heterocycles. The molecule has 3 nitrogen and oxygen atoms in total. The highest BCUT2D eigenvalue weighted by Gasteiger charge is 2.14. The number of hydrogen-bond acceptors (Lipinski definition) is 4. The summed E-state index contributed by atoms with van der Waals surface area (Å²) in [6.45, 7) is 4.19. The van der Waals surface area contributed by atoms with E-state index in [0.29, 0.717) is 35.2 Å². The molecule has 0 unspecified atom stereocenters. The number of ether oxygens (including phenoxy) is 2. The highest BCUT2D eigenvalue weighted by atomic mass is 79.9. The Balaban J connectivity index is 1.70. The van der Waals surface area contributed by atoms with Gasteiger partial charge in [0.2, 0.25) is 0 Å². The van der Waals surface area contributed by atoms with Crippen LogP contribution in [-0.4, -0.2) is 6.61 Å². The van der Waals surface area contributed by atoms with Crippen molar-refractivity contribution in [1.29, 1.82) is 0 Å². The maximum Gasteiger partial charge on any atom is 0.175 e. The van der Waals surface area contributed by atoms with Crippen molar-refractivity contribution < 1.29 is 13.9 Å². The Morgan fingerprint density at radius 1 is 1.14 bits per heavy atom. The third-order valence-electron chi connectivity index (χ3n) is 3.96. The van der Waals surface area contributed by atoms with E-state index in [0.717, 1.165) is 16.6 Å². The Morgan fingerprint density at radius 2 is 2.00 bits per heavy atom. The summed E-state index contributed by atoms with van der Waals surface area (Å²) >= 11 is 11.4. The summed E-state index contributed by atoms with van der Waals surface area (Å²) in [7, 11) is 0. The molecule has 0 aliphatic carbocycles. The molecule has 1 N–H and O–H groups in total. The number of thiophene rings is 1. The molecular weight excluding hydrogens is 465 g/mol. The molecule has 0 spiro atoms. The van der Waals surface area contributed by atoms with Gasteiger partial charge in [0, 0.05) is 23.5 Å². The van der Waals surface area contributed by atoms with Crippen molar-refractivity contribution >= 4 is 38.9 Å². The Labute approximate surface area is 181 Å². The Bertz CT molecular complexity index is 921. The summed E-state index contributed by atoms with van der Waals surface area (Å²) in [5, 5.41) is 5.84. The zero-order chi connectivity index (χ0) is 19.9. The van der Waals surface area contributed by atoms with Gasteiger partial charge >= 0.3 is 0 Å². The smallest absolute Gasteiger partial charge is 0.175 e. The van der Waals surface area contributed by atoms with Crippen LogP contribution in [0.1, 0.15) is 22.9 Å². The van der Waals surface area contributed by atoms with Crippen molar-refractivity contribution in [2.45, 2.75) is 26.6 Å². The van der Waals surface area contributed by atoms with Crippen molar-refractivity contribution in [1.82, 2.24) is 5.32 Å². The van der Waals surface area contributed by atoms with Gasteiger partial charge in [0.1, 0.15) is 12.4 Å². The standard InChI is InChI=1S/C21H20BrClFNO2S/c1-2-26-20-9-14(11-25-12-17-4-3-7-28-17)8-18(22)21(20)27-13-15-5-6-16(24)10-19(15)23/h3-10,25H,2,11-13H2,1H3. The fourth-order valence-electron chi connectivity index (χ4n) is 2.66. The molecule has 0 saturated heterocycles. The lowest BCUT2D eigenvalue weighted by Gasteiger charge is -2.16. The molecule has 3 rings (SSSR count). The molecule has 148 valence electrons. The third kappa shape index (κ3) is 5.70. The number of halogens is 3. The molecule has 1 heterocycles. The van der Waals surface area contributed by atoms with Crippen molar-refractivity contribution in [3.63, 3.8) is 0 Å².